The lowest BCUT2D eigenvalue weighted by molar-refractivity contribution is -0.137. The first-order chi connectivity index (χ1) is 13.0. The van der Waals surface area contributed by atoms with Crippen LogP contribution in [0.5, 0.6) is 0 Å². The van der Waals surface area contributed by atoms with Crippen LogP contribution in [0.15, 0.2) is 53.6 Å². The van der Waals surface area contributed by atoms with Crippen LogP contribution >= 0.6 is 0 Å². The summed E-state index contributed by atoms with van der Waals surface area (Å²) in [5.74, 6) is -0.739. The SMILES string of the molecule is Cc1ccccc1N(CC(=O)N/N=C/c1cccc(C(F)(F)F)c1)S(C)(=O)=O. The van der Waals surface area contributed by atoms with Crippen molar-refractivity contribution in [3.05, 3.63) is 65.2 Å². The Bertz CT molecular complexity index is 989. The number of sulfonamides is 1. The van der Waals surface area contributed by atoms with Gasteiger partial charge in [0.2, 0.25) is 10.0 Å². The zero-order valence-electron chi connectivity index (χ0n) is 15.1. The summed E-state index contributed by atoms with van der Waals surface area (Å²) < 4.78 is 63.1. The molecule has 0 aliphatic carbocycles. The predicted molar refractivity (Wildman–Crippen MR) is 101 cm³/mol. The van der Waals surface area contributed by atoms with Gasteiger partial charge in [0.25, 0.3) is 5.91 Å². The molecular formula is C18H18F3N3O3S. The molecule has 1 N–H and O–H groups in total. The minimum Gasteiger partial charge on any atom is -0.271 e. The second-order valence-electron chi connectivity index (χ2n) is 5.97. The molecule has 2 aromatic rings. The van der Waals surface area contributed by atoms with Crippen molar-refractivity contribution in [3.8, 4) is 0 Å². The van der Waals surface area contributed by atoms with Crippen LogP contribution in [0.2, 0.25) is 0 Å². The van der Waals surface area contributed by atoms with Crippen LogP contribution in [0, 0.1) is 6.92 Å². The van der Waals surface area contributed by atoms with E-state index in [2.05, 4.69) is 10.5 Å². The Balaban J connectivity index is 2.10. The molecule has 0 fully saturated rings. The van der Waals surface area contributed by atoms with Crippen molar-refractivity contribution in [1.82, 2.24) is 5.43 Å². The number of hydrogen-bond acceptors (Lipinski definition) is 4. The average Bonchev–Trinajstić information content (AvgIpc) is 2.59. The van der Waals surface area contributed by atoms with Crippen molar-refractivity contribution in [1.29, 1.82) is 0 Å². The van der Waals surface area contributed by atoms with Gasteiger partial charge < -0.3 is 0 Å². The van der Waals surface area contributed by atoms with Gasteiger partial charge in [-0.25, -0.2) is 13.8 Å². The minimum atomic E-state index is -4.49. The van der Waals surface area contributed by atoms with Crippen molar-refractivity contribution < 1.29 is 26.4 Å². The van der Waals surface area contributed by atoms with Crippen molar-refractivity contribution in [2.75, 3.05) is 17.1 Å². The molecule has 0 saturated heterocycles. The standard InChI is InChI=1S/C18H18F3N3O3S/c1-13-6-3-4-9-16(13)24(28(2,26)27)12-17(25)23-22-11-14-7-5-8-15(10-14)18(19,20)21/h3-11H,12H2,1-2H3,(H,23,25)/b22-11+. The molecule has 1 amide bonds. The van der Waals surface area contributed by atoms with Gasteiger partial charge in [0.15, 0.2) is 0 Å². The van der Waals surface area contributed by atoms with Gasteiger partial charge in [0, 0.05) is 0 Å². The van der Waals surface area contributed by atoms with E-state index in [9.17, 15) is 26.4 Å². The molecule has 0 spiro atoms. The Morgan fingerprint density at radius 3 is 2.46 bits per heavy atom. The van der Waals surface area contributed by atoms with Crippen LogP contribution in [-0.4, -0.2) is 33.3 Å². The molecule has 0 heterocycles. The summed E-state index contributed by atoms with van der Waals surface area (Å²) in [7, 11) is -3.74. The van der Waals surface area contributed by atoms with Crippen molar-refractivity contribution in [2.24, 2.45) is 5.10 Å². The van der Waals surface area contributed by atoms with E-state index in [0.29, 0.717) is 11.3 Å². The number of anilines is 1. The summed E-state index contributed by atoms with van der Waals surface area (Å²) in [4.78, 5) is 12.1. The zero-order valence-corrected chi connectivity index (χ0v) is 15.9. The summed E-state index contributed by atoms with van der Waals surface area (Å²) in [5, 5.41) is 3.60. The topological polar surface area (TPSA) is 78.8 Å². The first-order valence-corrected chi connectivity index (χ1v) is 9.86. The highest BCUT2D eigenvalue weighted by molar-refractivity contribution is 7.92. The number of alkyl halides is 3. The van der Waals surface area contributed by atoms with E-state index in [1.165, 1.54) is 12.1 Å². The zero-order chi connectivity index (χ0) is 20.9. The van der Waals surface area contributed by atoms with E-state index >= 15 is 0 Å². The number of carbonyl (C=O) groups excluding carboxylic acids is 1. The number of amides is 1. The van der Waals surface area contributed by atoms with Crippen LogP contribution in [0.1, 0.15) is 16.7 Å². The molecule has 2 aromatic carbocycles. The normalized spacial score (nSPS) is 12.2. The van der Waals surface area contributed by atoms with Gasteiger partial charge in [0.05, 0.1) is 23.7 Å². The Morgan fingerprint density at radius 2 is 1.86 bits per heavy atom. The largest absolute Gasteiger partial charge is 0.416 e. The van der Waals surface area contributed by atoms with Gasteiger partial charge in [-0.05, 0) is 36.2 Å². The van der Waals surface area contributed by atoms with Gasteiger partial charge in [0.1, 0.15) is 6.54 Å². The summed E-state index contributed by atoms with van der Waals surface area (Å²) >= 11 is 0. The van der Waals surface area contributed by atoms with E-state index in [1.54, 1.807) is 31.2 Å². The molecule has 0 atom stereocenters. The molecule has 10 heteroatoms. The second kappa shape index (κ2) is 8.42. The molecule has 6 nitrogen and oxygen atoms in total. The first-order valence-electron chi connectivity index (χ1n) is 8.01. The van der Waals surface area contributed by atoms with Gasteiger partial charge in [-0.2, -0.15) is 18.3 Å². The number of hydrogen-bond donors (Lipinski definition) is 1. The van der Waals surface area contributed by atoms with Crippen molar-refractivity contribution in [2.45, 2.75) is 13.1 Å². The first kappa shape index (κ1) is 21.4. The molecule has 0 radical (unpaired) electrons. The average molecular weight is 413 g/mol. The molecular weight excluding hydrogens is 395 g/mol. The molecule has 0 bridgehead atoms. The number of benzene rings is 2. The lowest BCUT2D eigenvalue weighted by atomic mass is 10.1. The van der Waals surface area contributed by atoms with Gasteiger partial charge in [-0.15, -0.1) is 0 Å². The molecule has 0 aromatic heterocycles. The third-order valence-electron chi connectivity index (χ3n) is 3.69. The fourth-order valence-corrected chi connectivity index (χ4v) is 3.28. The van der Waals surface area contributed by atoms with Gasteiger partial charge >= 0.3 is 6.18 Å². The number of para-hydroxylation sites is 1. The smallest absolute Gasteiger partial charge is 0.271 e. The van der Waals surface area contributed by atoms with Crippen LogP contribution < -0.4 is 9.73 Å². The second-order valence-corrected chi connectivity index (χ2v) is 7.88. The highest BCUT2D eigenvalue weighted by Crippen LogP contribution is 2.29. The van der Waals surface area contributed by atoms with Gasteiger partial charge in [-0.1, -0.05) is 30.3 Å². The maximum Gasteiger partial charge on any atom is 0.416 e. The molecule has 28 heavy (non-hydrogen) atoms. The Hall–Kier alpha value is -2.88. The lowest BCUT2D eigenvalue weighted by Crippen LogP contribution is -2.39. The van der Waals surface area contributed by atoms with E-state index < -0.39 is 34.2 Å². The number of halogens is 3. The number of rotatable bonds is 6. The Labute approximate surface area is 160 Å². The molecule has 0 aliphatic heterocycles. The van der Waals surface area contributed by atoms with Crippen LogP contribution in [0.4, 0.5) is 18.9 Å². The highest BCUT2D eigenvalue weighted by atomic mass is 32.2. The fraction of sp³-hybridized carbons (Fsp3) is 0.222. The molecule has 0 saturated carbocycles. The third kappa shape index (κ3) is 5.81. The molecule has 0 unspecified atom stereocenters. The van der Waals surface area contributed by atoms with E-state index in [0.717, 1.165) is 28.9 Å². The Kier molecular flexibility index (Phi) is 6.45. The molecule has 0 aliphatic rings. The van der Waals surface area contributed by atoms with Crippen molar-refractivity contribution >= 4 is 27.8 Å². The summed E-state index contributed by atoms with van der Waals surface area (Å²) in [6.07, 6.45) is -2.47. The Morgan fingerprint density at radius 1 is 1.18 bits per heavy atom. The quantitative estimate of drug-likeness (QED) is 0.584. The number of hydrazone groups is 1. The van der Waals surface area contributed by atoms with Crippen LogP contribution in [0.25, 0.3) is 0 Å². The number of nitrogens with one attached hydrogen (secondary N) is 1. The summed E-state index contributed by atoms with van der Waals surface area (Å²) in [6.45, 7) is 1.18. The van der Waals surface area contributed by atoms with E-state index in [4.69, 9.17) is 0 Å². The molecule has 2 rings (SSSR count). The minimum absolute atomic E-state index is 0.133. The highest BCUT2D eigenvalue weighted by Gasteiger charge is 2.30. The van der Waals surface area contributed by atoms with E-state index in [-0.39, 0.29) is 5.56 Å². The maximum atomic E-state index is 12.7. The van der Waals surface area contributed by atoms with Crippen molar-refractivity contribution in [3.63, 3.8) is 0 Å². The summed E-state index contributed by atoms with van der Waals surface area (Å²) in [6, 6.07) is 11.1. The van der Waals surface area contributed by atoms with Gasteiger partial charge in [-0.3, -0.25) is 9.10 Å². The van der Waals surface area contributed by atoms with E-state index in [1.807, 2.05) is 0 Å². The lowest BCUT2D eigenvalue weighted by Gasteiger charge is -2.23. The number of carbonyl (C=O) groups is 1. The molecule has 150 valence electrons. The predicted octanol–water partition coefficient (Wildman–Crippen LogP) is 2.93. The fourth-order valence-electron chi connectivity index (χ4n) is 2.36. The third-order valence-corrected chi connectivity index (χ3v) is 4.81. The number of aryl methyl sites for hydroxylation is 1. The number of nitrogens with zero attached hydrogens (tertiary/aromatic N) is 2. The van der Waals surface area contributed by atoms with Crippen LogP contribution in [-0.2, 0) is 21.0 Å². The maximum absolute atomic E-state index is 12.7. The summed E-state index contributed by atoms with van der Waals surface area (Å²) in [5.41, 5.74) is 2.43. The van der Waals surface area contributed by atoms with Crippen LogP contribution in [0.3, 0.4) is 0 Å². The monoisotopic (exact) mass is 413 g/mol.